The number of nitrogens with zero attached hydrogens (tertiary/aromatic N) is 1. The van der Waals surface area contributed by atoms with Gasteiger partial charge in [0.2, 0.25) is 0 Å². The van der Waals surface area contributed by atoms with E-state index in [1.807, 2.05) is 24.3 Å². The van der Waals surface area contributed by atoms with Crippen molar-refractivity contribution in [2.45, 2.75) is 43.1 Å². The number of hydrogen-bond donors (Lipinski definition) is 3. The molecule has 3 N–H and O–H groups in total. The van der Waals surface area contributed by atoms with E-state index in [-0.39, 0.29) is 18.1 Å². The van der Waals surface area contributed by atoms with Crippen LogP contribution in [-0.4, -0.2) is 53.0 Å². The third-order valence-electron chi connectivity index (χ3n) is 5.39. The van der Waals surface area contributed by atoms with Crippen LogP contribution in [0.5, 0.6) is 0 Å². The van der Waals surface area contributed by atoms with Crippen LogP contribution in [0.4, 0.5) is 4.79 Å². The Hall–Kier alpha value is -1.30. The second-order valence-electron chi connectivity index (χ2n) is 7.17. The molecule has 1 saturated carbocycles. The molecule has 0 bridgehead atoms. The van der Waals surface area contributed by atoms with Crippen molar-refractivity contribution in [2.24, 2.45) is 0 Å². The van der Waals surface area contributed by atoms with Gasteiger partial charge in [-0.1, -0.05) is 23.7 Å². The van der Waals surface area contributed by atoms with Gasteiger partial charge in [0, 0.05) is 30.1 Å². The summed E-state index contributed by atoms with van der Waals surface area (Å²) in [7, 11) is 0. The number of hydrogen-bond acceptors (Lipinski definition) is 3. The first-order chi connectivity index (χ1) is 11.5. The number of halogens is 1. The predicted octanol–water partition coefficient (Wildman–Crippen LogP) is 2.29. The number of benzene rings is 1. The maximum atomic E-state index is 12.5. The first-order valence-corrected chi connectivity index (χ1v) is 8.96. The molecule has 24 heavy (non-hydrogen) atoms. The van der Waals surface area contributed by atoms with Gasteiger partial charge in [0.15, 0.2) is 0 Å². The minimum absolute atomic E-state index is 0.0396. The first kappa shape index (κ1) is 17.5. The highest BCUT2D eigenvalue weighted by molar-refractivity contribution is 6.30. The summed E-state index contributed by atoms with van der Waals surface area (Å²) in [5.74, 6) is 0. The molecule has 2 fully saturated rings. The lowest BCUT2D eigenvalue weighted by Crippen LogP contribution is -2.44. The van der Waals surface area contributed by atoms with Gasteiger partial charge >= 0.3 is 6.03 Å². The van der Waals surface area contributed by atoms with E-state index in [9.17, 15) is 15.0 Å². The minimum Gasteiger partial charge on any atom is -0.393 e. The van der Waals surface area contributed by atoms with E-state index in [1.54, 1.807) is 4.90 Å². The summed E-state index contributed by atoms with van der Waals surface area (Å²) < 4.78 is 0. The molecule has 2 aliphatic rings. The second kappa shape index (κ2) is 6.90. The van der Waals surface area contributed by atoms with Crippen LogP contribution in [0.2, 0.25) is 5.02 Å². The van der Waals surface area contributed by atoms with Crippen molar-refractivity contribution in [1.29, 1.82) is 0 Å². The SMILES string of the molecule is O=C(NCC1(c2ccc(Cl)cc2)CC1)N1CCC[C@@](O)(CO)CC1. The maximum Gasteiger partial charge on any atom is 0.317 e. The third kappa shape index (κ3) is 3.85. The van der Waals surface area contributed by atoms with Crippen LogP contribution in [0.3, 0.4) is 0 Å². The van der Waals surface area contributed by atoms with E-state index in [2.05, 4.69) is 5.32 Å². The van der Waals surface area contributed by atoms with Gasteiger partial charge in [-0.05, 0) is 49.8 Å². The van der Waals surface area contributed by atoms with Gasteiger partial charge in [-0.2, -0.15) is 0 Å². The standard InChI is InChI=1S/C18H25ClN2O3/c19-15-4-2-14(3-5-15)17(7-8-17)12-20-16(23)21-10-1-6-18(24,13-22)9-11-21/h2-5,22,24H,1,6-13H2,(H,20,23)/t18-/m0/s1. The molecule has 6 heteroatoms. The monoisotopic (exact) mass is 352 g/mol. The molecular formula is C18H25ClN2O3. The molecule has 1 aliphatic carbocycles. The van der Waals surface area contributed by atoms with Crippen LogP contribution in [0.15, 0.2) is 24.3 Å². The molecule has 1 aromatic carbocycles. The Labute approximate surface area is 147 Å². The zero-order chi connectivity index (χ0) is 17.2. The summed E-state index contributed by atoms with van der Waals surface area (Å²) in [6.07, 6.45) is 3.78. The van der Waals surface area contributed by atoms with Crippen LogP contribution < -0.4 is 5.32 Å². The molecule has 0 unspecified atom stereocenters. The average Bonchev–Trinajstić information content (AvgIpc) is 3.39. The quantitative estimate of drug-likeness (QED) is 0.778. The Kier molecular flexibility index (Phi) is 5.04. The number of nitrogens with one attached hydrogen (secondary N) is 1. The highest BCUT2D eigenvalue weighted by Gasteiger charge is 2.44. The highest BCUT2D eigenvalue weighted by atomic mass is 35.5. The molecule has 3 rings (SSSR count). The number of amides is 2. The summed E-state index contributed by atoms with van der Waals surface area (Å²) in [6.45, 7) is 1.45. The fourth-order valence-electron chi connectivity index (χ4n) is 3.42. The van der Waals surface area contributed by atoms with Gasteiger partial charge in [-0.25, -0.2) is 4.79 Å². The summed E-state index contributed by atoms with van der Waals surface area (Å²) in [6, 6.07) is 7.77. The Bertz CT molecular complexity index is 588. The molecule has 1 saturated heterocycles. The van der Waals surface area contributed by atoms with Crippen LogP contribution in [-0.2, 0) is 5.41 Å². The Morgan fingerprint density at radius 3 is 2.50 bits per heavy atom. The smallest absolute Gasteiger partial charge is 0.317 e. The molecule has 2 amide bonds. The van der Waals surface area contributed by atoms with Crippen molar-refractivity contribution in [1.82, 2.24) is 10.2 Å². The topological polar surface area (TPSA) is 72.8 Å². The lowest BCUT2D eigenvalue weighted by Gasteiger charge is -2.25. The average molecular weight is 353 g/mol. The zero-order valence-corrected chi connectivity index (χ0v) is 14.6. The highest BCUT2D eigenvalue weighted by Crippen LogP contribution is 2.47. The van der Waals surface area contributed by atoms with E-state index in [0.29, 0.717) is 38.9 Å². The number of likely N-dealkylation sites (tertiary alicyclic amines) is 1. The van der Waals surface area contributed by atoms with E-state index in [1.165, 1.54) is 5.56 Å². The first-order valence-electron chi connectivity index (χ1n) is 8.59. The van der Waals surface area contributed by atoms with Crippen molar-refractivity contribution in [3.05, 3.63) is 34.9 Å². The lowest BCUT2D eigenvalue weighted by atomic mass is 9.96. The van der Waals surface area contributed by atoms with E-state index < -0.39 is 5.60 Å². The molecule has 0 spiro atoms. The van der Waals surface area contributed by atoms with Crippen LogP contribution in [0.1, 0.15) is 37.7 Å². The maximum absolute atomic E-state index is 12.5. The van der Waals surface area contributed by atoms with Gasteiger partial charge in [0.1, 0.15) is 0 Å². The zero-order valence-electron chi connectivity index (χ0n) is 13.8. The summed E-state index contributed by atoms with van der Waals surface area (Å²) in [4.78, 5) is 14.2. The van der Waals surface area contributed by atoms with Crippen molar-refractivity contribution >= 4 is 17.6 Å². The minimum atomic E-state index is -1.05. The third-order valence-corrected chi connectivity index (χ3v) is 5.64. The molecule has 1 heterocycles. The summed E-state index contributed by atoms with van der Waals surface area (Å²) in [5, 5.41) is 23.2. The Balaban J connectivity index is 1.55. The molecule has 0 radical (unpaired) electrons. The largest absolute Gasteiger partial charge is 0.393 e. The number of urea groups is 1. The van der Waals surface area contributed by atoms with Gasteiger partial charge < -0.3 is 20.4 Å². The van der Waals surface area contributed by atoms with Crippen molar-refractivity contribution in [3.8, 4) is 0 Å². The number of carbonyl (C=O) groups excluding carboxylic acids is 1. The lowest BCUT2D eigenvalue weighted by molar-refractivity contribution is -0.0248. The van der Waals surface area contributed by atoms with Gasteiger partial charge in [-0.3, -0.25) is 0 Å². The number of rotatable bonds is 4. The normalized spacial score (nSPS) is 25.9. The fourth-order valence-corrected chi connectivity index (χ4v) is 3.54. The molecule has 1 aromatic rings. The molecular weight excluding hydrogens is 328 g/mol. The fraction of sp³-hybridized carbons (Fsp3) is 0.611. The molecule has 0 aromatic heterocycles. The van der Waals surface area contributed by atoms with Gasteiger partial charge in [-0.15, -0.1) is 0 Å². The number of carbonyl (C=O) groups is 1. The van der Waals surface area contributed by atoms with Crippen LogP contribution in [0.25, 0.3) is 0 Å². The molecule has 132 valence electrons. The van der Waals surface area contributed by atoms with Crippen molar-refractivity contribution in [2.75, 3.05) is 26.2 Å². The Morgan fingerprint density at radius 2 is 1.88 bits per heavy atom. The molecule has 1 aliphatic heterocycles. The Morgan fingerprint density at radius 1 is 1.17 bits per heavy atom. The van der Waals surface area contributed by atoms with Gasteiger partial charge in [0.05, 0.1) is 12.2 Å². The summed E-state index contributed by atoms with van der Waals surface area (Å²) >= 11 is 5.95. The second-order valence-corrected chi connectivity index (χ2v) is 7.61. The molecule has 1 atom stereocenters. The van der Waals surface area contributed by atoms with Crippen molar-refractivity contribution < 1.29 is 15.0 Å². The molecule has 5 nitrogen and oxygen atoms in total. The van der Waals surface area contributed by atoms with E-state index in [4.69, 9.17) is 11.6 Å². The van der Waals surface area contributed by atoms with E-state index >= 15 is 0 Å². The predicted molar refractivity (Wildman–Crippen MR) is 93.2 cm³/mol. The number of aliphatic hydroxyl groups excluding tert-OH is 1. The van der Waals surface area contributed by atoms with Crippen LogP contribution in [0, 0.1) is 0 Å². The van der Waals surface area contributed by atoms with E-state index in [0.717, 1.165) is 17.9 Å². The van der Waals surface area contributed by atoms with Crippen molar-refractivity contribution in [3.63, 3.8) is 0 Å². The van der Waals surface area contributed by atoms with Crippen LogP contribution >= 0.6 is 11.6 Å². The van der Waals surface area contributed by atoms with Gasteiger partial charge in [0.25, 0.3) is 0 Å². The summed E-state index contributed by atoms with van der Waals surface area (Å²) in [5.41, 5.74) is 0.214. The number of aliphatic hydroxyl groups is 2.